The third-order valence-electron chi connectivity index (χ3n) is 2.54. The van der Waals surface area contributed by atoms with Crippen molar-refractivity contribution >= 4 is 37.3 Å². The summed E-state index contributed by atoms with van der Waals surface area (Å²) in [6, 6.07) is 1.59. The summed E-state index contributed by atoms with van der Waals surface area (Å²) in [4.78, 5) is 5.03. The molecule has 0 aromatic carbocycles. The van der Waals surface area contributed by atoms with Gasteiger partial charge in [-0.15, -0.1) is 11.3 Å². The van der Waals surface area contributed by atoms with E-state index in [0.29, 0.717) is 29.7 Å². The molecule has 2 aromatic rings. The lowest BCUT2D eigenvalue weighted by atomic mass is 10.3. The van der Waals surface area contributed by atoms with Crippen LogP contribution in [0.2, 0.25) is 0 Å². The molecule has 20 heavy (non-hydrogen) atoms. The van der Waals surface area contributed by atoms with Crippen LogP contribution in [0.15, 0.2) is 21.1 Å². The first kappa shape index (κ1) is 15.6. The number of H-pyrrole nitrogens is 1. The van der Waals surface area contributed by atoms with Gasteiger partial charge in [-0.3, -0.25) is 5.10 Å². The average Bonchev–Trinajstić information content (AvgIpc) is 3.04. The summed E-state index contributed by atoms with van der Waals surface area (Å²) in [5.74, 6) is 0.742. The minimum atomic E-state index is -3.51. The third-order valence-corrected chi connectivity index (χ3v) is 6.28. The Labute approximate surface area is 129 Å². The number of nitrogens with one attached hydrogen (secondary N) is 2. The number of aromatic nitrogens is 3. The van der Waals surface area contributed by atoms with Gasteiger partial charge in [-0.2, -0.15) is 5.10 Å². The number of nitrogens with zero attached hydrogens (tertiary/aromatic N) is 2. The van der Waals surface area contributed by atoms with E-state index >= 15 is 0 Å². The standard InChI is InChI=1S/C10H14BrN5O2S2/c11-10-8(4-7(5-12)19-10)20(17,18)15-3-1-2-9-13-6-14-16-9/h4,6,15H,1-3,5,12H2,(H,13,14,16). The van der Waals surface area contributed by atoms with E-state index in [4.69, 9.17) is 5.73 Å². The number of hydrogen-bond acceptors (Lipinski definition) is 6. The molecule has 0 aliphatic carbocycles. The molecule has 10 heteroatoms. The van der Waals surface area contributed by atoms with E-state index in [-0.39, 0.29) is 4.90 Å². The van der Waals surface area contributed by atoms with Gasteiger partial charge in [0.1, 0.15) is 17.0 Å². The van der Waals surface area contributed by atoms with Crippen LogP contribution in [-0.4, -0.2) is 30.1 Å². The largest absolute Gasteiger partial charge is 0.326 e. The van der Waals surface area contributed by atoms with Crippen molar-refractivity contribution in [3.63, 3.8) is 0 Å². The molecule has 0 saturated heterocycles. The quantitative estimate of drug-likeness (QED) is 0.620. The second-order valence-electron chi connectivity index (χ2n) is 3.99. The highest BCUT2D eigenvalue weighted by atomic mass is 79.9. The van der Waals surface area contributed by atoms with Crippen LogP contribution in [0.4, 0.5) is 0 Å². The summed E-state index contributed by atoms with van der Waals surface area (Å²) in [6.45, 7) is 0.660. The molecule has 0 fully saturated rings. The minimum absolute atomic E-state index is 0.239. The zero-order valence-electron chi connectivity index (χ0n) is 10.5. The van der Waals surface area contributed by atoms with E-state index < -0.39 is 10.0 Å². The van der Waals surface area contributed by atoms with Crippen molar-refractivity contribution in [3.05, 3.63) is 26.9 Å². The number of aromatic amines is 1. The van der Waals surface area contributed by atoms with Crippen LogP contribution >= 0.6 is 27.3 Å². The fraction of sp³-hybridized carbons (Fsp3) is 0.400. The first-order valence-electron chi connectivity index (χ1n) is 5.85. The molecule has 0 aliphatic heterocycles. The Bertz CT molecular complexity index is 653. The lowest BCUT2D eigenvalue weighted by Gasteiger charge is -2.04. The van der Waals surface area contributed by atoms with Crippen LogP contribution in [0.3, 0.4) is 0 Å². The molecule has 0 spiro atoms. The Balaban J connectivity index is 1.91. The van der Waals surface area contributed by atoms with Gasteiger partial charge in [-0.25, -0.2) is 18.1 Å². The van der Waals surface area contributed by atoms with E-state index in [9.17, 15) is 8.42 Å². The van der Waals surface area contributed by atoms with Crippen LogP contribution in [0.1, 0.15) is 17.1 Å². The highest BCUT2D eigenvalue weighted by Gasteiger charge is 2.20. The Hall–Kier alpha value is -0.810. The molecule has 4 N–H and O–H groups in total. The van der Waals surface area contributed by atoms with Crippen molar-refractivity contribution in [2.45, 2.75) is 24.3 Å². The number of thiophene rings is 1. The van der Waals surface area contributed by atoms with E-state index in [0.717, 1.165) is 10.7 Å². The van der Waals surface area contributed by atoms with Crippen molar-refractivity contribution in [2.24, 2.45) is 5.73 Å². The molecule has 0 bridgehead atoms. The summed E-state index contributed by atoms with van der Waals surface area (Å²) in [5, 5.41) is 6.46. The normalized spacial score (nSPS) is 11.9. The maximum absolute atomic E-state index is 12.1. The Kier molecular flexibility index (Phi) is 5.27. The van der Waals surface area contributed by atoms with E-state index in [1.54, 1.807) is 6.07 Å². The predicted molar refractivity (Wildman–Crippen MR) is 79.8 cm³/mol. The lowest BCUT2D eigenvalue weighted by Crippen LogP contribution is -2.25. The van der Waals surface area contributed by atoms with Crippen LogP contribution in [-0.2, 0) is 23.0 Å². The molecule has 0 unspecified atom stereocenters. The first-order valence-corrected chi connectivity index (χ1v) is 8.94. The van der Waals surface area contributed by atoms with Gasteiger partial charge < -0.3 is 5.73 Å². The van der Waals surface area contributed by atoms with Crippen molar-refractivity contribution in [1.29, 1.82) is 0 Å². The Morgan fingerprint density at radius 3 is 2.90 bits per heavy atom. The van der Waals surface area contributed by atoms with Gasteiger partial charge in [-0.05, 0) is 28.4 Å². The highest BCUT2D eigenvalue weighted by molar-refractivity contribution is 9.11. The molecule has 0 aliphatic rings. The lowest BCUT2D eigenvalue weighted by molar-refractivity contribution is 0.578. The molecule has 0 atom stereocenters. The summed E-state index contributed by atoms with van der Waals surface area (Å²) < 4.78 is 27.4. The molecule has 2 heterocycles. The van der Waals surface area contributed by atoms with Crippen molar-refractivity contribution in [1.82, 2.24) is 19.9 Å². The third kappa shape index (κ3) is 3.85. The maximum Gasteiger partial charge on any atom is 0.242 e. The SMILES string of the molecule is NCc1cc(S(=O)(=O)NCCCc2ncn[nH]2)c(Br)s1. The van der Waals surface area contributed by atoms with Gasteiger partial charge in [0.2, 0.25) is 10.0 Å². The molecule has 0 radical (unpaired) electrons. The molecule has 7 nitrogen and oxygen atoms in total. The number of halogens is 1. The Morgan fingerprint density at radius 1 is 1.50 bits per heavy atom. The number of sulfonamides is 1. The van der Waals surface area contributed by atoms with Gasteiger partial charge >= 0.3 is 0 Å². The van der Waals surface area contributed by atoms with Crippen LogP contribution in [0, 0.1) is 0 Å². The molecule has 0 amide bonds. The van der Waals surface area contributed by atoms with E-state index in [2.05, 4.69) is 35.8 Å². The number of aryl methyl sites for hydroxylation is 1. The zero-order chi connectivity index (χ0) is 14.6. The summed E-state index contributed by atoms with van der Waals surface area (Å²) in [6.07, 6.45) is 2.71. The Morgan fingerprint density at radius 2 is 2.30 bits per heavy atom. The number of rotatable bonds is 7. The van der Waals surface area contributed by atoms with Gasteiger partial charge in [0.05, 0.1) is 3.79 Å². The summed E-state index contributed by atoms with van der Waals surface area (Å²) >= 11 is 4.58. The second kappa shape index (κ2) is 6.76. The van der Waals surface area contributed by atoms with Gasteiger partial charge in [0.15, 0.2) is 0 Å². The molecule has 2 rings (SSSR count). The van der Waals surface area contributed by atoms with E-state index in [1.807, 2.05) is 0 Å². The number of hydrogen-bond donors (Lipinski definition) is 3. The average molecular weight is 380 g/mol. The molecule has 2 aromatic heterocycles. The first-order chi connectivity index (χ1) is 9.53. The van der Waals surface area contributed by atoms with Gasteiger partial charge in [-0.1, -0.05) is 0 Å². The molecular weight excluding hydrogens is 366 g/mol. The van der Waals surface area contributed by atoms with Gasteiger partial charge in [0, 0.05) is 24.4 Å². The smallest absolute Gasteiger partial charge is 0.242 e. The molecular formula is C10H14BrN5O2S2. The highest BCUT2D eigenvalue weighted by Crippen LogP contribution is 2.31. The zero-order valence-corrected chi connectivity index (χ0v) is 13.7. The van der Waals surface area contributed by atoms with Crippen molar-refractivity contribution < 1.29 is 8.42 Å². The monoisotopic (exact) mass is 379 g/mol. The molecule has 0 saturated carbocycles. The summed E-state index contributed by atoms with van der Waals surface area (Å²) in [5.41, 5.74) is 5.51. The van der Waals surface area contributed by atoms with Crippen LogP contribution < -0.4 is 10.5 Å². The van der Waals surface area contributed by atoms with Crippen LogP contribution in [0.5, 0.6) is 0 Å². The molecule has 110 valence electrons. The van der Waals surface area contributed by atoms with Crippen molar-refractivity contribution in [3.8, 4) is 0 Å². The topological polar surface area (TPSA) is 114 Å². The van der Waals surface area contributed by atoms with Crippen LogP contribution in [0.25, 0.3) is 0 Å². The predicted octanol–water partition coefficient (Wildman–Crippen LogP) is 0.998. The summed E-state index contributed by atoms with van der Waals surface area (Å²) in [7, 11) is -3.51. The van der Waals surface area contributed by atoms with Gasteiger partial charge in [0.25, 0.3) is 0 Å². The maximum atomic E-state index is 12.1. The van der Waals surface area contributed by atoms with E-state index in [1.165, 1.54) is 17.7 Å². The van der Waals surface area contributed by atoms with Crippen molar-refractivity contribution in [2.75, 3.05) is 6.54 Å². The number of nitrogens with two attached hydrogens (primary N) is 1. The minimum Gasteiger partial charge on any atom is -0.326 e. The fourth-order valence-corrected chi connectivity index (χ4v) is 5.21. The fourth-order valence-electron chi connectivity index (χ4n) is 1.57. The second-order valence-corrected chi connectivity index (χ2v) is 8.18.